The fourth-order valence-corrected chi connectivity index (χ4v) is 2.24. The fourth-order valence-electron chi connectivity index (χ4n) is 2.24. The molecule has 5 nitrogen and oxygen atoms in total. The molecule has 108 valence electrons. The third kappa shape index (κ3) is 3.73. The van der Waals surface area contributed by atoms with Gasteiger partial charge in [-0.25, -0.2) is 0 Å². The van der Waals surface area contributed by atoms with Crippen LogP contribution in [0.5, 0.6) is 5.75 Å². The zero-order valence-corrected chi connectivity index (χ0v) is 11.6. The monoisotopic (exact) mass is 276 g/mol. The van der Waals surface area contributed by atoms with Crippen LogP contribution in [0.1, 0.15) is 36.0 Å². The molecule has 1 atom stereocenters. The zero-order chi connectivity index (χ0) is 14.4. The van der Waals surface area contributed by atoms with Gasteiger partial charge in [0, 0.05) is 12.1 Å². The van der Waals surface area contributed by atoms with E-state index in [-0.39, 0.29) is 11.8 Å². The van der Waals surface area contributed by atoms with Crippen LogP contribution in [0, 0.1) is 0 Å². The summed E-state index contributed by atoms with van der Waals surface area (Å²) in [4.78, 5) is 24.0. The minimum absolute atomic E-state index is 0.0911. The quantitative estimate of drug-likeness (QED) is 0.879. The smallest absolute Gasteiger partial charge is 0.251 e. The lowest BCUT2D eigenvalue weighted by Gasteiger charge is -2.20. The first-order chi connectivity index (χ1) is 9.70. The summed E-state index contributed by atoms with van der Waals surface area (Å²) in [5.74, 6) is 0.380. The lowest BCUT2D eigenvalue weighted by Crippen LogP contribution is -2.47. The van der Waals surface area contributed by atoms with Crippen LogP contribution in [0.3, 0.4) is 0 Å². The van der Waals surface area contributed by atoms with E-state index in [1.165, 1.54) is 0 Å². The van der Waals surface area contributed by atoms with E-state index in [1.54, 1.807) is 31.4 Å². The van der Waals surface area contributed by atoms with Crippen LogP contribution < -0.4 is 15.4 Å². The van der Waals surface area contributed by atoms with Crippen molar-refractivity contribution < 1.29 is 14.3 Å². The number of methoxy groups -OCH3 is 1. The molecule has 0 bridgehead atoms. The highest BCUT2D eigenvalue weighted by atomic mass is 16.5. The number of hydrogen-bond acceptors (Lipinski definition) is 3. The average Bonchev–Trinajstić information content (AvgIpc) is 2.47. The minimum Gasteiger partial charge on any atom is -0.497 e. The third-order valence-electron chi connectivity index (χ3n) is 3.44. The molecule has 5 heteroatoms. The first kappa shape index (κ1) is 14.4. The van der Waals surface area contributed by atoms with E-state index in [0.29, 0.717) is 24.3 Å². The van der Waals surface area contributed by atoms with Crippen molar-refractivity contribution in [2.45, 2.75) is 31.7 Å². The molecule has 2 amide bonds. The molecule has 2 N–H and O–H groups in total. The van der Waals surface area contributed by atoms with Gasteiger partial charge in [0.15, 0.2) is 0 Å². The van der Waals surface area contributed by atoms with Gasteiger partial charge in [-0.1, -0.05) is 12.8 Å². The lowest BCUT2D eigenvalue weighted by atomic mass is 10.0. The van der Waals surface area contributed by atoms with Crippen LogP contribution in [-0.2, 0) is 4.79 Å². The van der Waals surface area contributed by atoms with E-state index in [0.717, 1.165) is 19.3 Å². The SMILES string of the molecule is COc1ccc(C(=O)NC2CCCCCNC2=O)cc1. The Balaban J connectivity index is 1.99. The predicted molar refractivity (Wildman–Crippen MR) is 75.7 cm³/mol. The second kappa shape index (κ2) is 6.93. The molecule has 0 aliphatic carbocycles. The summed E-state index contributed by atoms with van der Waals surface area (Å²) in [6.07, 6.45) is 3.73. The second-order valence-electron chi connectivity index (χ2n) is 4.89. The molecule has 1 aliphatic rings. The molecule has 1 aromatic carbocycles. The van der Waals surface area contributed by atoms with Gasteiger partial charge < -0.3 is 15.4 Å². The van der Waals surface area contributed by atoms with Crippen molar-refractivity contribution in [3.05, 3.63) is 29.8 Å². The molecule has 1 aromatic rings. The van der Waals surface area contributed by atoms with E-state index >= 15 is 0 Å². The number of benzene rings is 1. The summed E-state index contributed by atoms with van der Waals surface area (Å²) in [6.45, 7) is 0.688. The van der Waals surface area contributed by atoms with Crippen molar-refractivity contribution in [2.24, 2.45) is 0 Å². The molecule has 2 rings (SSSR count). The Morgan fingerprint density at radius 2 is 2.00 bits per heavy atom. The Hall–Kier alpha value is -2.04. The molecule has 1 fully saturated rings. The van der Waals surface area contributed by atoms with Gasteiger partial charge >= 0.3 is 0 Å². The van der Waals surface area contributed by atoms with Crippen molar-refractivity contribution in [1.29, 1.82) is 0 Å². The molecule has 1 saturated heterocycles. The Labute approximate surface area is 118 Å². The fraction of sp³-hybridized carbons (Fsp3) is 0.467. The topological polar surface area (TPSA) is 67.4 Å². The highest BCUT2D eigenvalue weighted by molar-refractivity contribution is 5.97. The maximum absolute atomic E-state index is 12.1. The summed E-state index contributed by atoms with van der Waals surface area (Å²) in [6, 6.07) is 6.40. The second-order valence-corrected chi connectivity index (χ2v) is 4.89. The number of rotatable bonds is 3. The molecule has 0 aromatic heterocycles. The Morgan fingerprint density at radius 3 is 2.70 bits per heavy atom. The van der Waals surface area contributed by atoms with E-state index in [4.69, 9.17) is 4.74 Å². The number of carbonyl (C=O) groups is 2. The van der Waals surface area contributed by atoms with Crippen molar-refractivity contribution in [3.63, 3.8) is 0 Å². The minimum atomic E-state index is -0.440. The van der Waals surface area contributed by atoms with Crippen LogP contribution in [0.4, 0.5) is 0 Å². The zero-order valence-electron chi connectivity index (χ0n) is 11.6. The van der Waals surface area contributed by atoms with E-state index < -0.39 is 6.04 Å². The highest BCUT2D eigenvalue weighted by Crippen LogP contribution is 2.12. The maximum atomic E-state index is 12.1. The van der Waals surface area contributed by atoms with Gasteiger partial charge in [0.1, 0.15) is 11.8 Å². The first-order valence-electron chi connectivity index (χ1n) is 6.93. The molecule has 1 unspecified atom stereocenters. The molecule has 20 heavy (non-hydrogen) atoms. The van der Waals surface area contributed by atoms with Crippen LogP contribution in [-0.4, -0.2) is 31.5 Å². The van der Waals surface area contributed by atoms with Crippen LogP contribution in [0.15, 0.2) is 24.3 Å². The van der Waals surface area contributed by atoms with Crippen LogP contribution in [0.25, 0.3) is 0 Å². The van der Waals surface area contributed by atoms with Gasteiger partial charge in [0.05, 0.1) is 7.11 Å². The molecular formula is C15H20N2O3. The number of ether oxygens (including phenoxy) is 1. The van der Waals surface area contributed by atoms with E-state index in [1.807, 2.05) is 0 Å². The Bertz CT molecular complexity index is 471. The van der Waals surface area contributed by atoms with E-state index in [2.05, 4.69) is 10.6 Å². The normalized spacial score (nSPS) is 19.4. The number of hydrogen-bond donors (Lipinski definition) is 2. The van der Waals surface area contributed by atoms with Gasteiger partial charge in [-0.3, -0.25) is 9.59 Å². The molecule has 1 heterocycles. The van der Waals surface area contributed by atoms with Gasteiger partial charge in [-0.2, -0.15) is 0 Å². The van der Waals surface area contributed by atoms with Crippen molar-refractivity contribution in [2.75, 3.05) is 13.7 Å². The maximum Gasteiger partial charge on any atom is 0.251 e. The molecule has 1 aliphatic heterocycles. The first-order valence-corrected chi connectivity index (χ1v) is 6.93. The summed E-state index contributed by atoms with van der Waals surface area (Å²) in [5.41, 5.74) is 0.528. The molecule has 0 saturated carbocycles. The molecule has 0 radical (unpaired) electrons. The highest BCUT2D eigenvalue weighted by Gasteiger charge is 2.22. The van der Waals surface area contributed by atoms with E-state index in [9.17, 15) is 9.59 Å². The summed E-state index contributed by atoms with van der Waals surface area (Å²) in [7, 11) is 1.58. The average molecular weight is 276 g/mol. The van der Waals surface area contributed by atoms with Gasteiger partial charge in [0.2, 0.25) is 5.91 Å². The van der Waals surface area contributed by atoms with Crippen molar-refractivity contribution >= 4 is 11.8 Å². The number of carbonyl (C=O) groups excluding carboxylic acids is 2. The summed E-state index contributed by atoms with van der Waals surface area (Å²) < 4.78 is 5.05. The van der Waals surface area contributed by atoms with Gasteiger partial charge in [0.25, 0.3) is 5.91 Å². The van der Waals surface area contributed by atoms with Crippen molar-refractivity contribution in [3.8, 4) is 5.75 Å². The van der Waals surface area contributed by atoms with Crippen LogP contribution >= 0.6 is 0 Å². The lowest BCUT2D eigenvalue weighted by molar-refractivity contribution is -0.123. The molecule has 0 spiro atoms. The van der Waals surface area contributed by atoms with Gasteiger partial charge in [-0.15, -0.1) is 0 Å². The third-order valence-corrected chi connectivity index (χ3v) is 3.44. The summed E-state index contributed by atoms with van der Waals surface area (Å²) >= 11 is 0. The number of amides is 2. The Morgan fingerprint density at radius 1 is 1.25 bits per heavy atom. The largest absolute Gasteiger partial charge is 0.497 e. The summed E-state index contributed by atoms with van der Waals surface area (Å²) in [5, 5.41) is 5.63. The van der Waals surface area contributed by atoms with Gasteiger partial charge in [-0.05, 0) is 37.1 Å². The van der Waals surface area contributed by atoms with Crippen LogP contribution in [0.2, 0.25) is 0 Å². The Kier molecular flexibility index (Phi) is 4.98. The number of nitrogens with one attached hydrogen (secondary N) is 2. The van der Waals surface area contributed by atoms with Crippen molar-refractivity contribution in [1.82, 2.24) is 10.6 Å². The predicted octanol–water partition coefficient (Wildman–Crippen LogP) is 1.48. The molecular weight excluding hydrogens is 256 g/mol. The standard InChI is InChI=1S/C15H20N2O3/c1-20-12-8-6-11(7-9-12)14(18)17-13-5-3-2-4-10-16-15(13)19/h6-9,13H,2-5,10H2,1H3,(H,16,19)(H,17,18).